The normalized spacial score (nSPS) is 20.5. The molecule has 0 radical (unpaired) electrons. The number of nitrogens with one attached hydrogen (secondary N) is 2. The topological polar surface area (TPSA) is 168 Å². The molecule has 2 aliphatic heterocycles. The number of nitrogens with two attached hydrogens (primary N) is 2. The number of aromatic amines is 2. The van der Waals surface area contributed by atoms with Gasteiger partial charge in [-0.05, 0) is 61.8 Å². The highest BCUT2D eigenvalue weighted by Crippen LogP contribution is 2.34. The molecule has 4 aromatic rings. The van der Waals surface area contributed by atoms with Crippen molar-refractivity contribution in [3.63, 3.8) is 0 Å². The van der Waals surface area contributed by atoms with Gasteiger partial charge in [0, 0.05) is 27.3 Å². The Labute approximate surface area is 281 Å². The molecule has 6 rings (SSSR count). The molecule has 12 heteroatoms. The van der Waals surface area contributed by atoms with E-state index in [-0.39, 0.29) is 36.1 Å². The third kappa shape index (κ3) is 6.66. The van der Waals surface area contributed by atoms with Crippen molar-refractivity contribution in [2.45, 2.75) is 75.9 Å². The average Bonchev–Trinajstić information content (AvgIpc) is 3.96. The van der Waals surface area contributed by atoms with Crippen molar-refractivity contribution in [1.82, 2.24) is 29.7 Å². The van der Waals surface area contributed by atoms with Crippen LogP contribution < -0.4 is 11.5 Å². The Bertz CT molecular complexity index is 1580. The Morgan fingerprint density at radius 2 is 1.04 bits per heavy atom. The molecule has 2 aromatic heterocycles. The molecule has 2 fully saturated rings. The number of methoxy groups -OCH3 is 2. The summed E-state index contributed by atoms with van der Waals surface area (Å²) < 4.78 is 10.6. The van der Waals surface area contributed by atoms with Crippen LogP contribution in [0.1, 0.15) is 63.3 Å². The van der Waals surface area contributed by atoms with Crippen molar-refractivity contribution in [3.8, 4) is 33.6 Å². The first-order valence-electron chi connectivity index (χ1n) is 16.7. The Kier molecular flexibility index (Phi) is 10.1. The highest BCUT2D eigenvalue weighted by atomic mass is 16.5. The third-order valence-electron chi connectivity index (χ3n) is 9.94. The van der Waals surface area contributed by atoms with E-state index in [9.17, 15) is 9.59 Å². The fourth-order valence-corrected chi connectivity index (χ4v) is 6.70. The number of likely N-dealkylation sites (tertiary alicyclic amines) is 2. The summed E-state index contributed by atoms with van der Waals surface area (Å²) in [7, 11) is 3.13. The van der Waals surface area contributed by atoms with Crippen LogP contribution in [0.3, 0.4) is 0 Å². The van der Waals surface area contributed by atoms with Crippen LogP contribution in [0.4, 0.5) is 0 Å². The van der Waals surface area contributed by atoms with Gasteiger partial charge in [-0.1, -0.05) is 48.5 Å². The number of imidazole rings is 2. The van der Waals surface area contributed by atoms with E-state index in [2.05, 4.69) is 68.5 Å². The van der Waals surface area contributed by atoms with Crippen molar-refractivity contribution < 1.29 is 19.1 Å². The number of hydrogen-bond donors (Lipinski definition) is 4. The summed E-state index contributed by atoms with van der Waals surface area (Å²) in [6.45, 7) is 4.93. The van der Waals surface area contributed by atoms with E-state index in [1.807, 2.05) is 36.0 Å². The number of carbonyl (C=O) groups is 2. The first-order valence-corrected chi connectivity index (χ1v) is 16.7. The van der Waals surface area contributed by atoms with Crippen LogP contribution in [0.5, 0.6) is 0 Å². The molecule has 2 aliphatic rings. The highest BCUT2D eigenvalue weighted by Gasteiger charge is 2.37. The van der Waals surface area contributed by atoms with Gasteiger partial charge in [0.2, 0.25) is 11.8 Å². The van der Waals surface area contributed by atoms with Crippen LogP contribution in [-0.4, -0.2) is 93.2 Å². The summed E-state index contributed by atoms with van der Waals surface area (Å²) in [6, 6.07) is 15.0. The third-order valence-corrected chi connectivity index (χ3v) is 9.94. The Morgan fingerprint density at radius 3 is 1.40 bits per heavy atom. The minimum atomic E-state index is -0.709. The van der Waals surface area contributed by atoms with E-state index in [4.69, 9.17) is 20.9 Å². The van der Waals surface area contributed by atoms with E-state index in [0.717, 1.165) is 71.0 Å². The molecular weight excluding hydrogens is 608 g/mol. The van der Waals surface area contributed by atoms with Gasteiger partial charge in [-0.15, -0.1) is 0 Å². The first-order chi connectivity index (χ1) is 23.2. The number of H-pyrrole nitrogens is 2. The average molecular weight is 655 g/mol. The van der Waals surface area contributed by atoms with Crippen molar-refractivity contribution in [3.05, 3.63) is 72.6 Å². The molecule has 0 unspecified atom stereocenters. The van der Waals surface area contributed by atoms with E-state index < -0.39 is 12.1 Å². The standard InChI is InChI=1S/C36H46N8O4/c1-21(47-3)31(37)35(45)43-17-5-7-29(43)33-39-19-27(41-33)25-13-9-23(10-14-25)24-11-15-26(16-12-24)28-20-40-34(42-28)30-8-6-18-44(30)36(46)32(38)22(2)48-4/h9-16,19-22,29-32H,5-8,17-18,37-38H2,1-4H3,(H,39,41)(H,40,42)/t21-,22-,29+,30+,31+,32+/m1/s1. The Balaban J connectivity index is 1.11. The summed E-state index contributed by atoms with van der Waals surface area (Å²) in [4.78, 5) is 46.0. The summed E-state index contributed by atoms with van der Waals surface area (Å²) in [5, 5.41) is 0. The molecule has 0 saturated carbocycles. The molecule has 2 amide bonds. The first kappa shape index (κ1) is 33.5. The quantitative estimate of drug-likeness (QED) is 0.187. The lowest BCUT2D eigenvalue weighted by atomic mass is 10.0. The second-order valence-corrected chi connectivity index (χ2v) is 12.8. The summed E-state index contributed by atoms with van der Waals surface area (Å²) in [6.07, 6.45) is 6.41. The van der Waals surface area contributed by atoms with Crippen LogP contribution >= 0.6 is 0 Å². The van der Waals surface area contributed by atoms with E-state index in [1.54, 1.807) is 14.2 Å². The van der Waals surface area contributed by atoms with Gasteiger partial charge in [0.15, 0.2) is 0 Å². The van der Waals surface area contributed by atoms with Gasteiger partial charge >= 0.3 is 0 Å². The smallest absolute Gasteiger partial charge is 0.242 e. The van der Waals surface area contributed by atoms with Gasteiger partial charge in [-0.25, -0.2) is 9.97 Å². The minimum absolute atomic E-state index is 0.112. The maximum absolute atomic E-state index is 13.1. The lowest BCUT2D eigenvalue weighted by Crippen LogP contribution is -2.49. The van der Waals surface area contributed by atoms with Crippen molar-refractivity contribution in [2.75, 3.05) is 27.3 Å². The fraction of sp³-hybridized carbons (Fsp3) is 0.444. The van der Waals surface area contributed by atoms with Gasteiger partial charge in [-0.3, -0.25) is 9.59 Å². The maximum Gasteiger partial charge on any atom is 0.242 e. The maximum atomic E-state index is 13.1. The summed E-state index contributed by atoms with van der Waals surface area (Å²) in [5.41, 5.74) is 18.3. The zero-order chi connectivity index (χ0) is 33.9. The second-order valence-electron chi connectivity index (χ2n) is 12.8. The highest BCUT2D eigenvalue weighted by molar-refractivity contribution is 5.83. The van der Waals surface area contributed by atoms with Gasteiger partial charge in [-0.2, -0.15) is 0 Å². The predicted octanol–water partition coefficient (Wildman–Crippen LogP) is 4.19. The van der Waals surface area contributed by atoms with Crippen LogP contribution in [0.2, 0.25) is 0 Å². The monoisotopic (exact) mass is 654 g/mol. The Morgan fingerprint density at radius 1 is 0.688 bits per heavy atom. The Hall–Kier alpha value is -4.36. The van der Waals surface area contributed by atoms with Gasteiger partial charge in [0.1, 0.15) is 23.7 Å². The zero-order valence-corrected chi connectivity index (χ0v) is 28.1. The number of hydrogen-bond acceptors (Lipinski definition) is 8. The number of benzene rings is 2. The molecule has 6 N–H and O–H groups in total. The largest absolute Gasteiger partial charge is 0.380 e. The minimum Gasteiger partial charge on any atom is -0.380 e. The van der Waals surface area contributed by atoms with Crippen LogP contribution in [0, 0.1) is 0 Å². The molecule has 12 nitrogen and oxygen atoms in total. The summed E-state index contributed by atoms with van der Waals surface area (Å²) in [5.74, 6) is 1.31. The van der Waals surface area contributed by atoms with E-state index in [1.165, 1.54) is 0 Å². The van der Waals surface area contributed by atoms with Crippen molar-refractivity contribution >= 4 is 11.8 Å². The lowest BCUT2D eigenvalue weighted by Gasteiger charge is -2.28. The number of rotatable bonds is 11. The molecule has 2 saturated heterocycles. The van der Waals surface area contributed by atoms with E-state index in [0.29, 0.717) is 13.1 Å². The number of ether oxygens (including phenoxy) is 2. The molecule has 0 bridgehead atoms. The molecule has 4 heterocycles. The van der Waals surface area contributed by atoms with Crippen LogP contribution in [0.25, 0.3) is 33.6 Å². The molecule has 0 spiro atoms. The molecule has 48 heavy (non-hydrogen) atoms. The van der Waals surface area contributed by atoms with Gasteiger partial charge in [0.05, 0.1) is 48.1 Å². The molecule has 0 aliphatic carbocycles. The van der Waals surface area contributed by atoms with E-state index >= 15 is 0 Å². The second kappa shape index (κ2) is 14.4. The molecule has 2 aromatic carbocycles. The predicted molar refractivity (Wildman–Crippen MR) is 183 cm³/mol. The number of nitrogens with zero attached hydrogens (tertiary/aromatic N) is 4. The van der Waals surface area contributed by atoms with Crippen molar-refractivity contribution in [2.24, 2.45) is 11.5 Å². The zero-order valence-electron chi connectivity index (χ0n) is 28.1. The summed E-state index contributed by atoms with van der Waals surface area (Å²) >= 11 is 0. The molecule has 6 atom stereocenters. The van der Waals surface area contributed by atoms with Gasteiger partial charge < -0.3 is 40.7 Å². The van der Waals surface area contributed by atoms with Crippen molar-refractivity contribution in [1.29, 1.82) is 0 Å². The van der Waals surface area contributed by atoms with Gasteiger partial charge in [0.25, 0.3) is 0 Å². The fourth-order valence-electron chi connectivity index (χ4n) is 6.70. The molecular formula is C36H46N8O4. The SMILES string of the molecule is CO[C@H](C)[C@H](N)C(=O)N1CCC[C@H]1c1ncc(-c2ccc(-c3ccc(-c4cnc([C@@H]5CCCN5C(=O)[C@@H](N)[C@@H](C)OC)[nH]4)cc3)cc2)[nH]1. The van der Waals surface area contributed by atoms with Crippen LogP contribution in [-0.2, 0) is 19.1 Å². The number of aromatic nitrogens is 4. The molecule has 254 valence electrons. The number of carbonyl (C=O) groups excluding carboxylic acids is 2. The number of amides is 2. The lowest BCUT2D eigenvalue weighted by molar-refractivity contribution is -0.137. The van der Waals surface area contributed by atoms with Crippen LogP contribution in [0.15, 0.2) is 60.9 Å².